The van der Waals surface area contributed by atoms with Gasteiger partial charge >= 0.3 is 154 Å². The molecule has 0 aliphatic rings. The van der Waals surface area contributed by atoms with Crippen molar-refractivity contribution in [1.82, 2.24) is 0 Å². The van der Waals surface area contributed by atoms with Crippen LogP contribution in [0, 0.1) is 46.9 Å². The summed E-state index contributed by atoms with van der Waals surface area (Å²) in [6, 6.07) is 29.9. The van der Waals surface area contributed by atoms with Gasteiger partial charge in [-0.25, -0.2) is 0 Å². The van der Waals surface area contributed by atoms with Crippen LogP contribution in [0.2, 0.25) is 0 Å². The summed E-state index contributed by atoms with van der Waals surface area (Å²) in [5, 5.41) is 65.3. The summed E-state index contributed by atoms with van der Waals surface area (Å²) in [6.07, 6.45) is 0. The molecule has 3 N–H and O–H groups in total. The van der Waals surface area contributed by atoms with Gasteiger partial charge in [0, 0.05) is 63.1 Å². The van der Waals surface area contributed by atoms with Crippen LogP contribution < -0.4 is 169 Å². The van der Waals surface area contributed by atoms with Gasteiger partial charge in [-0.2, -0.15) is 0 Å². The first-order chi connectivity index (χ1) is 17.4. The van der Waals surface area contributed by atoms with Crippen LogP contribution in [0.4, 0.5) is 0 Å². The van der Waals surface area contributed by atoms with E-state index in [1.165, 1.54) is 36.4 Å². The van der Waals surface area contributed by atoms with E-state index in [9.17, 15) is 30.6 Å². The summed E-state index contributed by atoms with van der Waals surface area (Å²) >= 11 is 0. The number of phenolic OH excluding ortho intramolecular Hbond substituents is 3. The molecule has 0 aliphatic heterocycles. The molecule has 0 saturated heterocycles. The fourth-order valence-electron chi connectivity index (χ4n) is 3.86. The van der Waals surface area contributed by atoms with Crippen molar-refractivity contribution >= 4 is 32.3 Å². The molecule has 0 bridgehead atoms. The third-order valence-electron chi connectivity index (χ3n) is 5.53. The van der Waals surface area contributed by atoms with Crippen LogP contribution >= 0.6 is 0 Å². The molecule has 0 radical (unpaired) electrons. The molecule has 0 saturated carbocycles. The Hall–Kier alpha value is 1.33. The quantitative estimate of drug-likeness (QED) is 0.135. The summed E-state index contributed by atoms with van der Waals surface area (Å²) in [5.74, 6) is -0.240. The zero-order valence-electron chi connectivity index (χ0n) is 22.2. The maximum atomic E-state index is 11.2. The zero-order chi connectivity index (χ0) is 25.7. The van der Waals surface area contributed by atoms with E-state index in [1.807, 2.05) is 0 Å². The van der Waals surface area contributed by atoms with Crippen molar-refractivity contribution in [3.8, 4) is 34.5 Å². The van der Waals surface area contributed by atoms with Crippen LogP contribution in [-0.2, 0) is 0 Å². The molecule has 0 fully saturated rings. The second-order valence-corrected chi connectivity index (χ2v) is 7.89. The largest absolute Gasteiger partial charge is 1.00 e. The van der Waals surface area contributed by atoms with Crippen LogP contribution in [0.25, 0.3) is 32.3 Å². The molecular weight excluding hydrogens is 747 g/mol. The average molecular weight is 768 g/mol. The van der Waals surface area contributed by atoms with Crippen LogP contribution in [0.15, 0.2) is 109 Å². The van der Waals surface area contributed by atoms with Gasteiger partial charge in [0.1, 0.15) is 17.2 Å². The number of benzene rings is 6. The molecule has 6 aromatic carbocycles. The Bertz CT molecular complexity index is 1370. The monoisotopic (exact) mass is 768 g/mol. The first kappa shape index (κ1) is 41.3. The molecule has 6 rings (SSSR count). The summed E-state index contributed by atoms with van der Waals surface area (Å²) < 4.78 is 0. The zero-order valence-corrected chi connectivity index (χ0v) is 33.3. The maximum absolute atomic E-state index is 11.2. The number of hydrogen-bond donors (Lipinski definition) is 3. The van der Waals surface area contributed by atoms with E-state index in [4.69, 9.17) is 0 Å². The molecule has 6 aromatic rings. The van der Waals surface area contributed by atoms with Gasteiger partial charge in [0.2, 0.25) is 0 Å². The molecule has 6 nitrogen and oxygen atoms in total. The number of hydrogen-bond acceptors (Lipinski definition) is 6. The third kappa shape index (κ3) is 10.7. The van der Waals surface area contributed by atoms with E-state index in [-0.39, 0.29) is 236 Å². The number of fused-ring (bicyclic) bond motifs is 3. The van der Waals surface area contributed by atoms with E-state index in [1.54, 1.807) is 72.8 Å². The van der Waals surface area contributed by atoms with E-state index in [2.05, 4.69) is 0 Å². The van der Waals surface area contributed by atoms with Gasteiger partial charge in [0.25, 0.3) is 0 Å². The van der Waals surface area contributed by atoms with Crippen LogP contribution in [0.5, 0.6) is 34.5 Å². The van der Waals surface area contributed by atoms with E-state index < -0.39 is 0 Å². The van der Waals surface area contributed by atoms with Crippen LogP contribution in [0.3, 0.4) is 0 Å². The Morgan fingerprint density at radius 1 is 0.350 bits per heavy atom. The maximum Gasteiger partial charge on any atom is 1.00 e. The summed E-state index contributed by atoms with van der Waals surface area (Å²) in [7, 11) is 0. The van der Waals surface area contributed by atoms with Gasteiger partial charge in [-0.3, -0.25) is 0 Å². The summed E-state index contributed by atoms with van der Waals surface area (Å²) in [6.45, 7) is 0. The van der Waals surface area contributed by atoms with Crippen molar-refractivity contribution in [2.24, 2.45) is 0 Å². The van der Waals surface area contributed by atoms with Crippen molar-refractivity contribution in [2.45, 2.75) is 0 Å². The molecule has 0 unspecified atom stereocenters. The number of phenols is 3. The Kier molecular flexibility index (Phi) is 21.1. The van der Waals surface area contributed by atoms with Gasteiger partial charge < -0.3 is 30.6 Å². The Morgan fingerprint density at radius 3 is 0.750 bits per heavy atom. The molecule has 194 valence electrons. The topological polar surface area (TPSA) is 130 Å². The van der Waals surface area contributed by atoms with Crippen LogP contribution in [0.1, 0.15) is 0 Å². The van der Waals surface area contributed by atoms with E-state index >= 15 is 0 Å². The fraction of sp³-hybridized carbons (Fsp3) is 0. The third-order valence-corrected chi connectivity index (χ3v) is 5.53. The van der Waals surface area contributed by atoms with E-state index in [0.29, 0.717) is 16.2 Å². The standard InChI is InChI=1S/3C10H8O2.3K.Yb/c3*11-8-5-1-3-7-4-2-6-9(12)10(7)8;;;;/h3*1-6,11-12H;;;;/q;;;3*+1;/p-3. The predicted molar refractivity (Wildman–Crippen MR) is 135 cm³/mol. The van der Waals surface area contributed by atoms with Crippen molar-refractivity contribution in [2.75, 3.05) is 0 Å². The minimum Gasteiger partial charge on any atom is -0.872 e. The Labute approximate surface area is 398 Å². The first-order valence-electron chi connectivity index (χ1n) is 11.0. The number of aromatic hydroxyl groups is 3. The summed E-state index contributed by atoms with van der Waals surface area (Å²) in [5.41, 5.74) is 0. The minimum absolute atomic E-state index is 0. The molecule has 0 atom stereocenters. The van der Waals surface area contributed by atoms with Crippen LogP contribution in [-0.4, -0.2) is 15.3 Å². The van der Waals surface area contributed by atoms with Crippen molar-refractivity contribution in [3.05, 3.63) is 109 Å². The van der Waals surface area contributed by atoms with E-state index in [0.717, 1.165) is 16.2 Å². The second kappa shape index (κ2) is 20.4. The van der Waals surface area contributed by atoms with Crippen molar-refractivity contribution in [1.29, 1.82) is 0 Å². The van der Waals surface area contributed by atoms with Gasteiger partial charge in [0.15, 0.2) is 0 Å². The predicted octanol–water partition coefficient (Wildman–Crippen LogP) is -4.13. The SMILES string of the molecule is [K+].[K+].[K+].[O-]c1cccc2cccc(O)c12.[O-]c1cccc2cccc(O)c12.[O-]c1cccc2cccc(O)c12.[Yb]. The first-order valence-corrected chi connectivity index (χ1v) is 11.0. The van der Waals surface area contributed by atoms with Gasteiger partial charge in [-0.1, -0.05) is 108 Å². The Balaban J connectivity index is 0.000000543. The van der Waals surface area contributed by atoms with Crippen molar-refractivity contribution < 1.29 is 232 Å². The molecule has 0 heterocycles. The minimum atomic E-state index is -0.134. The second-order valence-electron chi connectivity index (χ2n) is 7.89. The molecule has 40 heavy (non-hydrogen) atoms. The van der Waals surface area contributed by atoms with Gasteiger partial charge in [-0.15, -0.1) is 0 Å². The van der Waals surface area contributed by atoms with Gasteiger partial charge in [-0.05, 0) is 34.4 Å². The number of rotatable bonds is 0. The molecule has 0 spiro atoms. The molecule has 0 aliphatic carbocycles. The molecule has 0 aromatic heterocycles. The van der Waals surface area contributed by atoms with Crippen molar-refractivity contribution in [3.63, 3.8) is 0 Å². The average Bonchev–Trinajstić information content (AvgIpc) is 2.85. The normalized spacial score (nSPS) is 9.30. The summed E-state index contributed by atoms with van der Waals surface area (Å²) in [4.78, 5) is 0. The fourth-order valence-corrected chi connectivity index (χ4v) is 3.86. The molecule has 10 heteroatoms. The van der Waals surface area contributed by atoms with Gasteiger partial charge in [0.05, 0.1) is 0 Å². The molecular formula is C30H21K3O6Yb. The Morgan fingerprint density at radius 2 is 0.550 bits per heavy atom. The smallest absolute Gasteiger partial charge is 0.872 e. The molecule has 0 amide bonds.